The molecule has 0 aromatic heterocycles. The highest BCUT2D eigenvalue weighted by Crippen LogP contribution is 2.67. The number of carbonyl (C=O) groups is 2. The van der Waals surface area contributed by atoms with E-state index in [1.165, 1.54) is 0 Å². The molecule has 5 fully saturated rings. The fraction of sp³-hybridized carbons (Fsp3) is 0.615. The molecule has 7 aliphatic rings. The molecule has 2 spiro atoms. The monoisotopic (exact) mass is 464 g/mol. The number of amides is 2. The van der Waals surface area contributed by atoms with Crippen molar-refractivity contribution in [3.8, 4) is 5.75 Å². The molecule has 1 unspecified atom stereocenters. The van der Waals surface area contributed by atoms with Crippen molar-refractivity contribution in [2.45, 2.75) is 81.7 Å². The lowest BCUT2D eigenvalue weighted by Crippen LogP contribution is -2.86. The van der Waals surface area contributed by atoms with Crippen molar-refractivity contribution in [2.75, 3.05) is 11.6 Å². The Bertz CT molecular complexity index is 1220. The smallest absolute Gasteiger partial charge is 0.249 e. The van der Waals surface area contributed by atoms with Gasteiger partial charge >= 0.3 is 0 Å². The van der Waals surface area contributed by atoms with Crippen LogP contribution in [-0.4, -0.2) is 51.1 Å². The summed E-state index contributed by atoms with van der Waals surface area (Å²) < 4.78 is 6.10. The Morgan fingerprint density at radius 2 is 1.97 bits per heavy atom. The number of rotatable bonds is 0. The average Bonchev–Trinajstić information content (AvgIpc) is 3.27. The molecule has 2 amide bonds. The van der Waals surface area contributed by atoms with Crippen LogP contribution in [0.25, 0.3) is 6.08 Å². The zero-order valence-corrected chi connectivity index (χ0v) is 20.0. The predicted octanol–water partition coefficient (Wildman–Crippen LogP) is 2.42. The topological polar surface area (TPSA) is 105 Å². The van der Waals surface area contributed by atoms with Gasteiger partial charge in [-0.05, 0) is 56.7 Å². The van der Waals surface area contributed by atoms with Gasteiger partial charge in [0, 0.05) is 35.7 Å². The molecule has 34 heavy (non-hydrogen) atoms. The van der Waals surface area contributed by atoms with E-state index in [1.807, 2.05) is 39.8 Å². The minimum Gasteiger partial charge on any atom is -0.758 e. The molecule has 180 valence electrons. The molecule has 4 saturated heterocycles. The molecule has 1 aromatic rings. The van der Waals surface area contributed by atoms with Crippen LogP contribution in [0, 0.1) is 16.5 Å². The fourth-order valence-electron chi connectivity index (χ4n) is 8.44. The van der Waals surface area contributed by atoms with Gasteiger partial charge in [0.15, 0.2) is 0 Å². The molecule has 8 heteroatoms. The van der Waals surface area contributed by atoms with Crippen LogP contribution >= 0.6 is 0 Å². The third kappa shape index (κ3) is 2.02. The van der Waals surface area contributed by atoms with Crippen LogP contribution in [0.2, 0.25) is 0 Å². The zero-order valence-electron chi connectivity index (χ0n) is 20.0. The Balaban J connectivity index is 1.43. The zero-order chi connectivity index (χ0) is 24.1. The molecule has 2 bridgehead atoms. The summed E-state index contributed by atoms with van der Waals surface area (Å²) in [6, 6.07) is 2.79. The van der Waals surface area contributed by atoms with E-state index >= 15 is 0 Å². The Labute approximate surface area is 198 Å². The molecule has 6 heterocycles. The van der Waals surface area contributed by atoms with Crippen LogP contribution in [0.15, 0.2) is 18.2 Å². The summed E-state index contributed by atoms with van der Waals surface area (Å²) in [5, 5.41) is 30.4. The number of carbonyl (C=O) groups excluding carboxylic acids is 2. The summed E-state index contributed by atoms with van der Waals surface area (Å²) in [6.07, 6.45) is 5.78. The molecule has 8 rings (SSSR count). The normalized spacial score (nSPS) is 41.8. The number of piperidine rings is 2. The Kier molecular flexibility index (Phi) is 3.43. The van der Waals surface area contributed by atoms with Crippen molar-refractivity contribution < 1.29 is 19.4 Å². The Hall–Kier alpha value is -2.58. The second-order valence-corrected chi connectivity index (χ2v) is 12.3. The number of anilines is 1. The van der Waals surface area contributed by atoms with Gasteiger partial charge in [0.05, 0.1) is 6.04 Å². The van der Waals surface area contributed by atoms with Crippen molar-refractivity contribution in [1.82, 2.24) is 10.2 Å². The first-order valence-electron chi connectivity index (χ1n) is 12.3. The summed E-state index contributed by atoms with van der Waals surface area (Å²) >= 11 is 0. The van der Waals surface area contributed by atoms with Gasteiger partial charge in [0.1, 0.15) is 28.0 Å². The number of ether oxygens (including phenoxy) is 1. The number of nitrogens with zero attached hydrogens (tertiary/aromatic N) is 2. The maximum Gasteiger partial charge on any atom is 0.249 e. The highest BCUT2D eigenvalue weighted by Gasteiger charge is 2.77. The lowest BCUT2D eigenvalue weighted by atomic mass is 9.46. The van der Waals surface area contributed by atoms with Gasteiger partial charge in [0.2, 0.25) is 11.8 Å². The number of hydroxylamine groups is 1. The summed E-state index contributed by atoms with van der Waals surface area (Å²) in [5.74, 6) is 0.138. The third-order valence-corrected chi connectivity index (χ3v) is 9.74. The van der Waals surface area contributed by atoms with E-state index in [9.17, 15) is 19.9 Å². The molecule has 1 aliphatic carbocycles. The van der Waals surface area contributed by atoms with Gasteiger partial charge < -0.3 is 30.3 Å². The van der Waals surface area contributed by atoms with Crippen LogP contribution in [0.3, 0.4) is 0 Å². The molecule has 2 N–H and O–H groups in total. The lowest BCUT2D eigenvalue weighted by molar-refractivity contribution is -0.206. The van der Waals surface area contributed by atoms with E-state index in [0.29, 0.717) is 42.0 Å². The van der Waals surface area contributed by atoms with Crippen molar-refractivity contribution in [1.29, 1.82) is 0 Å². The van der Waals surface area contributed by atoms with Gasteiger partial charge in [-0.1, -0.05) is 19.9 Å². The molecule has 1 aromatic carbocycles. The fourth-order valence-corrected chi connectivity index (χ4v) is 8.44. The molecule has 5 atom stereocenters. The minimum absolute atomic E-state index is 0.00346. The maximum absolute atomic E-state index is 14.0. The molecule has 6 aliphatic heterocycles. The number of benzene rings is 1. The molecule has 0 radical (unpaired) electrons. The van der Waals surface area contributed by atoms with Crippen molar-refractivity contribution >= 4 is 23.6 Å². The Morgan fingerprint density at radius 1 is 1.21 bits per heavy atom. The first-order valence-corrected chi connectivity index (χ1v) is 12.3. The number of aliphatic hydroxyl groups is 1. The summed E-state index contributed by atoms with van der Waals surface area (Å²) in [6.45, 7) is 8.42. The first kappa shape index (κ1) is 20.8. The van der Waals surface area contributed by atoms with Gasteiger partial charge in [-0.2, -0.15) is 0 Å². The third-order valence-electron chi connectivity index (χ3n) is 9.74. The molecule has 8 nitrogen and oxygen atoms in total. The predicted molar refractivity (Wildman–Crippen MR) is 125 cm³/mol. The molecular weight excluding hydrogens is 434 g/mol. The number of fused-ring (bicyclic) bond motifs is 6. The van der Waals surface area contributed by atoms with E-state index in [-0.39, 0.29) is 24.2 Å². The van der Waals surface area contributed by atoms with Crippen molar-refractivity contribution in [2.24, 2.45) is 11.3 Å². The maximum atomic E-state index is 14.0. The van der Waals surface area contributed by atoms with E-state index in [2.05, 4.69) is 5.32 Å². The van der Waals surface area contributed by atoms with Crippen LogP contribution in [-0.2, 0) is 15.2 Å². The van der Waals surface area contributed by atoms with Crippen LogP contribution in [0.1, 0.15) is 64.5 Å². The molecular formula is C26H30N3O5-. The van der Waals surface area contributed by atoms with E-state index in [1.54, 1.807) is 17.0 Å². The standard InChI is InChI=1S/C26H30N3O5/c1-22(2)10-8-14-16(34-22)7-6-15-18(14)29(33)19-23(3,4)17-12-24-9-5-11-28(24)21(31)25(17,27-20(24)30)13-26(15,19)32/h6-8,10,17,19,32H,5,9,11-13H2,1-4H3,(H,27,30)/q-1/t17-,19?,24+,25-,26-/m0/s1. The first-order chi connectivity index (χ1) is 15.9. The second-order valence-electron chi connectivity index (χ2n) is 12.3. The number of piperazine rings is 1. The largest absolute Gasteiger partial charge is 0.758 e. The van der Waals surface area contributed by atoms with Crippen molar-refractivity contribution in [3.63, 3.8) is 0 Å². The highest BCUT2D eigenvalue weighted by atomic mass is 16.5. The highest BCUT2D eigenvalue weighted by molar-refractivity contribution is 6.05. The second kappa shape index (κ2) is 5.62. The summed E-state index contributed by atoms with van der Waals surface area (Å²) in [5.41, 5.74) is -3.30. The summed E-state index contributed by atoms with van der Waals surface area (Å²) in [4.78, 5) is 29.1. The number of nitrogens with one attached hydrogen (secondary N) is 1. The lowest BCUT2D eigenvalue weighted by Gasteiger charge is -2.69. The van der Waals surface area contributed by atoms with Crippen LogP contribution < -0.4 is 15.1 Å². The summed E-state index contributed by atoms with van der Waals surface area (Å²) in [7, 11) is 0. The van der Waals surface area contributed by atoms with Gasteiger partial charge in [-0.3, -0.25) is 9.59 Å². The van der Waals surface area contributed by atoms with E-state index in [4.69, 9.17) is 4.74 Å². The number of hydrogen-bond donors (Lipinski definition) is 2. The van der Waals surface area contributed by atoms with Crippen LogP contribution in [0.4, 0.5) is 5.69 Å². The SMILES string of the molecule is CC1(C)C=Cc2c(ccc3c2N([O-])C2C(C)(C)[C@@H]4C[C@@]56CCCN5C(=O)[C@@]4(C[C@]32O)NC6=O)O1. The number of hydrogen-bond acceptors (Lipinski definition) is 6. The van der Waals surface area contributed by atoms with Crippen molar-refractivity contribution in [3.05, 3.63) is 34.5 Å². The van der Waals surface area contributed by atoms with Gasteiger partial charge in [0.25, 0.3) is 0 Å². The Morgan fingerprint density at radius 3 is 2.74 bits per heavy atom. The van der Waals surface area contributed by atoms with Gasteiger partial charge in [-0.25, -0.2) is 0 Å². The van der Waals surface area contributed by atoms with E-state index in [0.717, 1.165) is 11.5 Å². The molecule has 1 saturated carbocycles. The average molecular weight is 465 g/mol. The minimum atomic E-state index is -1.59. The van der Waals surface area contributed by atoms with Crippen LogP contribution in [0.5, 0.6) is 5.75 Å². The quantitative estimate of drug-likeness (QED) is 0.611. The van der Waals surface area contributed by atoms with E-state index < -0.39 is 33.7 Å². The van der Waals surface area contributed by atoms with Gasteiger partial charge in [-0.15, -0.1) is 0 Å².